The maximum absolute atomic E-state index is 11.5. The first-order valence-electron chi connectivity index (χ1n) is 14.5. The fraction of sp³-hybridized carbons (Fsp3) is 0.412. The van der Waals surface area contributed by atoms with Crippen LogP contribution in [0.3, 0.4) is 0 Å². The lowest BCUT2D eigenvalue weighted by Gasteiger charge is -2.24. The van der Waals surface area contributed by atoms with E-state index < -0.39 is 11.6 Å². The van der Waals surface area contributed by atoms with Crippen molar-refractivity contribution in [2.45, 2.75) is 75.1 Å². The van der Waals surface area contributed by atoms with Crippen LogP contribution in [0.25, 0.3) is 10.2 Å². The number of hydrogen-bond donors (Lipinski definition) is 2. The van der Waals surface area contributed by atoms with Crippen LogP contribution in [0, 0.1) is 5.41 Å². The predicted octanol–water partition coefficient (Wildman–Crippen LogP) is 9.76. The molecule has 3 atom stereocenters. The minimum atomic E-state index is -0.907. The monoisotopic (exact) mass is 639 g/mol. The summed E-state index contributed by atoms with van der Waals surface area (Å²) < 4.78 is 1.59. The summed E-state index contributed by atoms with van der Waals surface area (Å²) in [7, 11) is 0. The van der Waals surface area contributed by atoms with Gasteiger partial charge in [-0.1, -0.05) is 71.7 Å². The van der Waals surface area contributed by atoms with E-state index in [9.17, 15) is 15.0 Å². The number of carboxylic acid groups (broad SMARTS) is 1. The van der Waals surface area contributed by atoms with E-state index in [0.717, 1.165) is 64.9 Å². The van der Waals surface area contributed by atoms with Crippen LogP contribution in [-0.4, -0.2) is 26.9 Å². The van der Waals surface area contributed by atoms with E-state index >= 15 is 0 Å². The molecule has 2 aromatic heterocycles. The molecule has 2 fully saturated rings. The molecule has 0 saturated heterocycles. The largest absolute Gasteiger partial charge is 0.481 e. The Hall–Kier alpha value is -2.09. The summed E-state index contributed by atoms with van der Waals surface area (Å²) in [5.41, 5.74) is 5.60. The van der Waals surface area contributed by atoms with Gasteiger partial charge in [-0.3, -0.25) is 4.79 Å². The Balaban J connectivity index is 1.23. The number of aromatic nitrogens is 1. The number of carbonyl (C=O) groups is 1. The highest BCUT2D eigenvalue weighted by atomic mass is 35.5. The van der Waals surface area contributed by atoms with Gasteiger partial charge in [0.2, 0.25) is 0 Å². The van der Waals surface area contributed by atoms with Gasteiger partial charge >= 0.3 is 5.97 Å². The van der Waals surface area contributed by atoms with E-state index in [2.05, 4.69) is 42.5 Å². The molecule has 2 aliphatic carbocycles. The van der Waals surface area contributed by atoms with Gasteiger partial charge in [-0.15, -0.1) is 11.3 Å². The van der Waals surface area contributed by atoms with Gasteiger partial charge in [0.05, 0.1) is 21.7 Å². The summed E-state index contributed by atoms with van der Waals surface area (Å²) in [5.74, 6) is 0.908. The average Bonchev–Trinajstić information content (AvgIpc) is 3.88. The Morgan fingerprint density at radius 1 is 1.12 bits per heavy atom. The number of pyridine rings is 1. The Labute approximate surface area is 265 Å². The van der Waals surface area contributed by atoms with Crippen molar-refractivity contribution in [1.29, 1.82) is 0 Å². The number of carboxylic acids is 1. The summed E-state index contributed by atoms with van der Waals surface area (Å²) in [6, 6.07) is 21.3. The minimum absolute atomic E-state index is 0.0743. The second-order valence-corrected chi connectivity index (χ2v) is 15.7. The highest BCUT2D eigenvalue weighted by Gasteiger charge is 2.45. The Bertz CT molecular complexity index is 1620. The summed E-state index contributed by atoms with van der Waals surface area (Å²) in [5, 5.41) is 21.0. The van der Waals surface area contributed by atoms with Crippen molar-refractivity contribution in [3.63, 3.8) is 0 Å². The van der Waals surface area contributed by atoms with Gasteiger partial charge in [-0.05, 0) is 91.7 Å². The molecule has 2 aliphatic rings. The molecule has 0 bridgehead atoms. The number of halogens is 2. The lowest BCUT2D eigenvalue weighted by molar-refractivity contribution is -0.138. The van der Waals surface area contributed by atoms with Crippen molar-refractivity contribution in [3.05, 3.63) is 98.0 Å². The molecule has 42 heavy (non-hydrogen) atoms. The maximum atomic E-state index is 11.5. The third kappa shape index (κ3) is 6.53. The fourth-order valence-corrected chi connectivity index (χ4v) is 9.12. The normalized spacial score (nSPS) is 20.0. The van der Waals surface area contributed by atoms with Gasteiger partial charge in [-0.2, -0.15) is 11.8 Å². The third-order valence-electron chi connectivity index (χ3n) is 8.77. The van der Waals surface area contributed by atoms with E-state index in [4.69, 9.17) is 28.2 Å². The molecule has 2 unspecified atom stereocenters. The number of benzene rings is 2. The second kappa shape index (κ2) is 11.8. The van der Waals surface area contributed by atoms with Crippen molar-refractivity contribution in [2.75, 3.05) is 5.75 Å². The zero-order valence-electron chi connectivity index (χ0n) is 23.8. The van der Waals surface area contributed by atoms with Crippen LogP contribution in [0.5, 0.6) is 0 Å². The number of aliphatic hydroxyl groups is 1. The first kappa shape index (κ1) is 30.0. The number of nitrogens with zero attached hydrogens (tertiary/aromatic N) is 1. The van der Waals surface area contributed by atoms with Crippen LogP contribution in [0.1, 0.15) is 91.0 Å². The van der Waals surface area contributed by atoms with Gasteiger partial charge in [0.25, 0.3) is 0 Å². The first-order valence-corrected chi connectivity index (χ1v) is 17.1. The van der Waals surface area contributed by atoms with Gasteiger partial charge in [0.15, 0.2) is 0 Å². The number of aryl methyl sites for hydroxylation is 1. The lowest BCUT2D eigenvalue weighted by atomic mass is 9.90. The Morgan fingerprint density at radius 3 is 2.64 bits per heavy atom. The molecule has 220 valence electrons. The molecule has 0 aliphatic heterocycles. The summed E-state index contributed by atoms with van der Waals surface area (Å²) in [6.45, 7) is 3.67. The van der Waals surface area contributed by atoms with Gasteiger partial charge in [0, 0.05) is 22.6 Å². The smallest absolute Gasteiger partial charge is 0.303 e. The molecule has 0 amide bonds. The Morgan fingerprint density at radius 2 is 1.90 bits per heavy atom. The zero-order chi connectivity index (χ0) is 29.6. The molecule has 2 heterocycles. The van der Waals surface area contributed by atoms with Crippen molar-refractivity contribution in [3.8, 4) is 0 Å². The number of fused-ring (bicyclic) bond motifs is 1. The van der Waals surface area contributed by atoms with Crippen LogP contribution < -0.4 is 0 Å². The van der Waals surface area contributed by atoms with Gasteiger partial charge in [-0.25, -0.2) is 4.98 Å². The van der Waals surface area contributed by atoms with E-state index in [1.54, 1.807) is 0 Å². The molecular formula is C34H35Cl2NO3S2. The number of hydrogen-bond acceptors (Lipinski definition) is 5. The highest BCUT2D eigenvalue weighted by molar-refractivity contribution is 7.99. The number of thioether (sulfide) groups is 1. The van der Waals surface area contributed by atoms with E-state index in [-0.39, 0.29) is 17.1 Å². The fourth-order valence-electron chi connectivity index (χ4n) is 6.14. The molecule has 8 heteroatoms. The number of thiophene rings is 1. The Kier molecular flexibility index (Phi) is 8.40. The van der Waals surface area contributed by atoms with Crippen molar-refractivity contribution >= 4 is 62.5 Å². The number of aliphatic carboxylic acids is 1. The maximum Gasteiger partial charge on any atom is 0.303 e. The van der Waals surface area contributed by atoms with E-state index in [1.165, 1.54) is 22.5 Å². The molecule has 0 spiro atoms. The standard InChI is InChI=1S/C34H35Cl2NO3S2/c1-33(2,40)25-9-4-3-6-20(25)10-12-27(41-19-34(14-15-34)18-29(38)39)22-8-5-7-21(16-22)23-17-24(23)26-11-13-28-31(37-26)30(35)32(36)42-28/h3-9,11,13,16,23-24,27,40H,10,12,14-15,17-19H2,1-2H3,(H,38,39)/t23?,24?,27-/m1/s1. The third-order valence-corrected chi connectivity index (χ3v) is 12.4. The molecular weight excluding hydrogens is 605 g/mol. The zero-order valence-corrected chi connectivity index (χ0v) is 26.9. The van der Waals surface area contributed by atoms with Gasteiger partial charge < -0.3 is 10.2 Å². The highest BCUT2D eigenvalue weighted by Crippen LogP contribution is 2.56. The van der Waals surface area contributed by atoms with Crippen LogP contribution in [0.2, 0.25) is 9.36 Å². The average molecular weight is 641 g/mol. The van der Waals surface area contributed by atoms with Crippen molar-refractivity contribution in [2.24, 2.45) is 5.41 Å². The number of rotatable bonds is 12. The predicted molar refractivity (Wildman–Crippen MR) is 175 cm³/mol. The molecule has 0 radical (unpaired) electrons. The second-order valence-electron chi connectivity index (χ2n) is 12.5. The minimum Gasteiger partial charge on any atom is -0.481 e. The summed E-state index contributed by atoms with van der Waals surface area (Å²) >= 11 is 16.0. The van der Waals surface area contributed by atoms with E-state index in [0.29, 0.717) is 21.2 Å². The first-order chi connectivity index (χ1) is 20.0. The van der Waals surface area contributed by atoms with Crippen LogP contribution >= 0.6 is 46.3 Å². The van der Waals surface area contributed by atoms with Crippen LogP contribution in [-0.2, 0) is 16.8 Å². The SMILES string of the molecule is CC(C)(O)c1ccccc1CC[C@@H](SCC1(CC(=O)O)CC1)c1cccc(C2CC2c2ccc3sc(Cl)c(Cl)c3n2)c1. The summed E-state index contributed by atoms with van der Waals surface area (Å²) in [4.78, 5) is 16.4. The van der Waals surface area contributed by atoms with Gasteiger partial charge in [0.1, 0.15) is 9.85 Å². The summed E-state index contributed by atoms with van der Waals surface area (Å²) in [6.07, 6.45) is 5.02. The molecule has 4 aromatic rings. The quantitative estimate of drug-likeness (QED) is 0.161. The molecule has 2 saturated carbocycles. The van der Waals surface area contributed by atoms with Crippen LogP contribution in [0.4, 0.5) is 0 Å². The van der Waals surface area contributed by atoms with E-state index in [1.807, 2.05) is 43.8 Å². The molecule has 2 N–H and O–H groups in total. The topological polar surface area (TPSA) is 70.4 Å². The molecule has 6 rings (SSSR count). The van der Waals surface area contributed by atoms with Crippen LogP contribution in [0.15, 0.2) is 60.7 Å². The molecule has 2 aromatic carbocycles. The lowest BCUT2D eigenvalue weighted by Crippen LogP contribution is -2.18. The molecule has 4 nitrogen and oxygen atoms in total. The van der Waals surface area contributed by atoms with Crippen molar-refractivity contribution < 1.29 is 15.0 Å². The van der Waals surface area contributed by atoms with Crippen molar-refractivity contribution in [1.82, 2.24) is 4.98 Å².